The SMILES string of the molecule is CC(C)NC(=O)[C@@H](C)Oc1ccc(S(=O)(=O)NCCO)cc1. The lowest BCUT2D eigenvalue weighted by atomic mass is 10.3. The first-order valence-corrected chi connectivity index (χ1v) is 8.42. The first-order valence-electron chi connectivity index (χ1n) is 6.94. The Labute approximate surface area is 130 Å². The Balaban J connectivity index is 2.71. The van der Waals surface area contributed by atoms with Crippen molar-refractivity contribution in [2.24, 2.45) is 0 Å². The summed E-state index contributed by atoms with van der Waals surface area (Å²) in [5.74, 6) is 0.156. The van der Waals surface area contributed by atoms with Crippen LogP contribution in [0.3, 0.4) is 0 Å². The first-order chi connectivity index (χ1) is 10.3. The highest BCUT2D eigenvalue weighted by Crippen LogP contribution is 2.17. The summed E-state index contributed by atoms with van der Waals surface area (Å²) in [6.45, 7) is 4.99. The third-order valence-corrected chi connectivity index (χ3v) is 4.13. The third kappa shape index (κ3) is 5.63. The molecule has 0 fully saturated rings. The summed E-state index contributed by atoms with van der Waals surface area (Å²) < 4.78 is 31.4. The Bertz CT molecular complexity index is 584. The molecule has 1 aromatic rings. The molecule has 8 heteroatoms. The van der Waals surface area contributed by atoms with E-state index in [1.807, 2.05) is 13.8 Å². The average Bonchev–Trinajstić information content (AvgIpc) is 2.45. The molecule has 0 heterocycles. The highest BCUT2D eigenvalue weighted by Gasteiger charge is 2.17. The maximum atomic E-state index is 11.8. The van der Waals surface area contributed by atoms with Crippen molar-refractivity contribution in [1.82, 2.24) is 10.0 Å². The van der Waals surface area contributed by atoms with Crippen LogP contribution in [-0.4, -0.2) is 44.7 Å². The molecule has 1 aromatic carbocycles. The van der Waals surface area contributed by atoms with E-state index in [1.165, 1.54) is 24.3 Å². The Morgan fingerprint density at radius 2 is 1.82 bits per heavy atom. The van der Waals surface area contributed by atoms with E-state index in [-0.39, 0.29) is 30.0 Å². The number of carbonyl (C=O) groups excluding carboxylic acids is 1. The molecule has 0 aliphatic rings. The molecule has 0 radical (unpaired) electrons. The van der Waals surface area contributed by atoms with E-state index in [4.69, 9.17) is 9.84 Å². The number of aliphatic hydroxyl groups excluding tert-OH is 1. The van der Waals surface area contributed by atoms with Crippen molar-refractivity contribution < 1.29 is 23.1 Å². The number of ether oxygens (including phenoxy) is 1. The minimum absolute atomic E-state index is 0.0173. The van der Waals surface area contributed by atoms with Gasteiger partial charge in [-0.1, -0.05) is 0 Å². The molecule has 3 N–H and O–H groups in total. The smallest absolute Gasteiger partial charge is 0.260 e. The molecule has 0 unspecified atom stereocenters. The van der Waals surface area contributed by atoms with Crippen molar-refractivity contribution in [2.45, 2.75) is 37.8 Å². The van der Waals surface area contributed by atoms with Crippen molar-refractivity contribution in [2.75, 3.05) is 13.2 Å². The quantitative estimate of drug-likeness (QED) is 0.634. The van der Waals surface area contributed by atoms with Crippen LogP contribution < -0.4 is 14.8 Å². The van der Waals surface area contributed by atoms with Crippen LogP contribution in [-0.2, 0) is 14.8 Å². The number of carbonyl (C=O) groups is 1. The van der Waals surface area contributed by atoms with Crippen LogP contribution in [0, 0.1) is 0 Å². The van der Waals surface area contributed by atoms with Crippen LogP contribution in [0.5, 0.6) is 5.75 Å². The summed E-state index contributed by atoms with van der Waals surface area (Å²) in [7, 11) is -3.64. The summed E-state index contributed by atoms with van der Waals surface area (Å²) in [4.78, 5) is 11.8. The van der Waals surface area contributed by atoms with Crippen LogP contribution in [0.2, 0.25) is 0 Å². The lowest BCUT2D eigenvalue weighted by Gasteiger charge is -2.16. The zero-order chi connectivity index (χ0) is 16.8. The predicted molar refractivity (Wildman–Crippen MR) is 82.1 cm³/mol. The number of aliphatic hydroxyl groups is 1. The number of amides is 1. The van der Waals surface area contributed by atoms with Crippen LogP contribution in [0.1, 0.15) is 20.8 Å². The number of hydrogen-bond donors (Lipinski definition) is 3. The van der Waals surface area contributed by atoms with Gasteiger partial charge < -0.3 is 15.2 Å². The summed E-state index contributed by atoms with van der Waals surface area (Å²) in [6.07, 6.45) is -0.683. The predicted octanol–water partition coefficient (Wildman–Crippen LogP) is 0.249. The fourth-order valence-corrected chi connectivity index (χ4v) is 2.64. The summed E-state index contributed by atoms with van der Waals surface area (Å²) in [5, 5.41) is 11.4. The molecule has 124 valence electrons. The van der Waals surface area contributed by atoms with Gasteiger partial charge in [0, 0.05) is 12.6 Å². The summed E-state index contributed by atoms with van der Waals surface area (Å²) in [5.41, 5.74) is 0. The third-order valence-electron chi connectivity index (χ3n) is 2.65. The fourth-order valence-electron chi connectivity index (χ4n) is 1.62. The van der Waals surface area contributed by atoms with Crippen molar-refractivity contribution in [3.8, 4) is 5.75 Å². The molecule has 0 saturated carbocycles. The van der Waals surface area contributed by atoms with Gasteiger partial charge in [0.1, 0.15) is 5.75 Å². The zero-order valence-corrected chi connectivity index (χ0v) is 13.7. The molecule has 0 aliphatic carbocycles. The van der Waals surface area contributed by atoms with Crippen molar-refractivity contribution >= 4 is 15.9 Å². The van der Waals surface area contributed by atoms with Gasteiger partial charge >= 0.3 is 0 Å². The molecule has 1 rings (SSSR count). The molecule has 22 heavy (non-hydrogen) atoms. The van der Waals surface area contributed by atoms with Crippen molar-refractivity contribution in [1.29, 1.82) is 0 Å². The van der Waals surface area contributed by atoms with Gasteiger partial charge in [0.25, 0.3) is 5.91 Å². The second-order valence-electron chi connectivity index (χ2n) is 5.02. The monoisotopic (exact) mass is 330 g/mol. The first kappa shape index (κ1) is 18.4. The minimum Gasteiger partial charge on any atom is -0.481 e. The highest BCUT2D eigenvalue weighted by molar-refractivity contribution is 7.89. The highest BCUT2D eigenvalue weighted by atomic mass is 32.2. The van der Waals surface area contributed by atoms with Gasteiger partial charge in [0.15, 0.2) is 6.10 Å². The fraction of sp³-hybridized carbons (Fsp3) is 0.500. The van der Waals surface area contributed by atoms with E-state index < -0.39 is 16.1 Å². The van der Waals surface area contributed by atoms with Gasteiger partial charge in [-0.3, -0.25) is 4.79 Å². The average molecular weight is 330 g/mol. The number of sulfonamides is 1. The van der Waals surface area contributed by atoms with Gasteiger partial charge in [-0.15, -0.1) is 0 Å². The Morgan fingerprint density at radius 3 is 2.32 bits per heavy atom. The van der Waals surface area contributed by atoms with Gasteiger partial charge in [0.2, 0.25) is 10.0 Å². The van der Waals surface area contributed by atoms with Crippen LogP contribution in [0.15, 0.2) is 29.2 Å². The Kier molecular flexibility index (Phi) is 6.79. The molecular formula is C14H22N2O5S. The molecule has 1 amide bonds. The molecule has 0 aromatic heterocycles. The van der Waals surface area contributed by atoms with Crippen LogP contribution in [0.25, 0.3) is 0 Å². The van der Waals surface area contributed by atoms with Gasteiger partial charge in [-0.2, -0.15) is 0 Å². The molecule has 7 nitrogen and oxygen atoms in total. The van der Waals surface area contributed by atoms with Crippen molar-refractivity contribution in [3.63, 3.8) is 0 Å². The van der Waals surface area contributed by atoms with E-state index >= 15 is 0 Å². The summed E-state index contributed by atoms with van der Waals surface area (Å²) in [6, 6.07) is 5.73. The largest absolute Gasteiger partial charge is 0.481 e. The zero-order valence-electron chi connectivity index (χ0n) is 12.9. The number of hydrogen-bond acceptors (Lipinski definition) is 5. The van der Waals surface area contributed by atoms with Crippen molar-refractivity contribution in [3.05, 3.63) is 24.3 Å². The lowest BCUT2D eigenvalue weighted by Crippen LogP contribution is -2.40. The molecule has 0 spiro atoms. The maximum Gasteiger partial charge on any atom is 0.260 e. The van der Waals surface area contributed by atoms with Crippen LogP contribution in [0.4, 0.5) is 0 Å². The Morgan fingerprint density at radius 1 is 1.23 bits per heavy atom. The minimum atomic E-state index is -3.64. The van der Waals surface area contributed by atoms with E-state index in [0.29, 0.717) is 5.75 Å². The van der Waals surface area contributed by atoms with E-state index in [2.05, 4.69) is 10.0 Å². The standard InChI is InChI=1S/C14H22N2O5S/c1-10(2)16-14(18)11(3)21-12-4-6-13(7-5-12)22(19,20)15-8-9-17/h4-7,10-11,15,17H,8-9H2,1-3H3,(H,16,18)/t11-/m1/s1. The van der Waals surface area contributed by atoms with Crippen LogP contribution >= 0.6 is 0 Å². The van der Waals surface area contributed by atoms with Gasteiger partial charge in [-0.05, 0) is 45.0 Å². The molecule has 1 atom stereocenters. The summed E-state index contributed by atoms with van der Waals surface area (Å²) >= 11 is 0. The van der Waals surface area contributed by atoms with Gasteiger partial charge in [-0.25, -0.2) is 13.1 Å². The maximum absolute atomic E-state index is 11.8. The molecular weight excluding hydrogens is 308 g/mol. The molecule has 0 bridgehead atoms. The Hall–Kier alpha value is -1.64. The number of benzene rings is 1. The number of nitrogens with one attached hydrogen (secondary N) is 2. The van der Waals surface area contributed by atoms with E-state index in [9.17, 15) is 13.2 Å². The second-order valence-corrected chi connectivity index (χ2v) is 6.78. The second kappa shape index (κ2) is 8.11. The van der Waals surface area contributed by atoms with E-state index in [1.54, 1.807) is 6.92 Å². The molecule has 0 aliphatic heterocycles. The topological polar surface area (TPSA) is 105 Å². The van der Waals surface area contributed by atoms with Gasteiger partial charge in [0.05, 0.1) is 11.5 Å². The van der Waals surface area contributed by atoms with E-state index in [0.717, 1.165) is 0 Å². The normalized spacial score (nSPS) is 13.0. The molecule has 0 saturated heterocycles. The number of rotatable bonds is 8. The lowest BCUT2D eigenvalue weighted by molar-refractivity contribution is -0.127.